The molecule has 2 N–H and O–H groups in total. The van der Waals surface area contributed by atoms with Crippen molar-refractivity contribution >= 4 is 5.91 Å². The van der Waals surface area contributed by atoms with Crippen molar-refractivity contribution in [3.05, 3.63) is 0 Å². The molecule has 108 valence electrons. The van der Waals surface area contributed by atoms with Crippen LogP contribution >= 0.6 is 0 Å². The number of carbonyl (C=O) groups is 1. The van der Waals surface area contributed by atoms with Gasteiger partial charge in [-0.05, 0) is 55.8 Å². The van der Waals surface area contributed by atoms with Gasteiger partial charge in [0.2, 0.25) is 5.91 Å². The van der Waals surface area contributed by atoms with Gasteiger partial charge in [-0.25, -0.2) is 0 Å². The second-order valence-corrected chi connectivity index (χ2v) is 7.83. The lowest BCUT2D eigenvalue weighted by atomic mass is 9.69. The lowest BCUT2D eigenvalue weighted by Gasteiger charge is -2.40. The number of nitrogens with one attached hydrogen (secondary N) is 2. The first-order valence-electron chi connectivity index (χ1n) is 7.91. The summed E-state index contributed by atoms with van der Waals surface area (Å²) < 4.78 is 0. The van der Waals surface area contributed by atoms with Crippen LogP contribution in [0.25, 0.3) is 0 Å². The molecule has 3 nitrogen and oxygen atoms in total. The third-order valence-corrected chi connectivity index (χ3v) is 6.56. The van der Waals surface area contributed by atoms with E-state index in [0.717, 1.165) is 18.8 Å². The highest BCUT2D eigenvalue weighted by atomic mass is 16.2. The maximum atomic E-state index is 12.1. The summed E-state index contributed by atoms with van der Waals surface area (Å²) >= 11 is 0. The van der Waals surface area contributed by atoms with Crippen LogP contribution in [0.3, 0.4) is 0 Å². The van der Waals surface area contributed by atoms with Crippen LogP contribution in [-0.4, -0.2) is 24.0 Å². The highest BCUT2D eigenvalue weighted by molar-refractivity contribution is 5.81. The number of hydrogen-bond donors (Lipinski definition) is 2. The molecule has 0 radical (unpaired) electrons. The van der Waals surface area contributed by atoms with Gasteiger partial charge >= 0.3 is 0 Å². The van der Waals surface area contributed by atoms with Gasteiger partial charge in [0, 0.05) is 12.1 Å². The first kappa shape index (κ1) is 13.4. The molecule has 3 aliphatic carbocycles. The van der Waals surface area contributed by atoms with Crippen molar-refractivity contribution in [2.24, 2.45) is 16.7 Å². The van der Waals surface area contributed by atoms with Gasteiger partial charge in [0.1, 0.15) is 0 Å². The highest BCUT2D eigenvalue weighted by Crippen LogP contribution is 2.65. The Bertz CT molecular complexity index is 388. The van der Waals surface area contributed by atoms with Crippen LogP contribution < -0.4 is 10.6 Å². The van der Waals surface area contributed by atoms with Crippen molar-refractivity contribution in [3.8, 4) is 0 Å². The van der Waals surface area contributed by atoms with Gasteiger partial charge in [0.05, 0.1) is 6.04 Å². The maximum Gasteiger partial charge on any atom is 0.237 e. The second-order valence-electron chi connectivity index (χ2n) is 7.83. The van der Waals surface area contributed by atoms with Crippen LogP contribution in [0.4, 0.5) is 0 Å². The van der Waals surface area contributed by atoms with E-state index in [1.54, 1.807) is 0 Å². The van der Waals surface area contributed by atoms with Crippen molar-refractivity contribution in [1.82, 2.24) is 10.6 Å². The van der Waals surface area contributed by atoms with E-state index in [1.807, 2.05) is 6.92 Å². The van der Waals surface area contributed by atoms with Crippen LogP contribution in [0.15, 0.2) is 0 Å². The smallest absolute Gasteiger partial charge is 0.237 e. The monoisotopic (exact) mass is 264 g/mol. The Morgan fingerprint density at radius 1 is 1.21 bits per heavy atom. The van der Waals surface area contributed by atoms with Crippen LogP contribution in [0, 0.1) is 16.7 Å². The Hall–Kier alpha value is -0.570. The van der Waals surface area contributed by atoms with Gasteiger partial charge in [-0.2, -0.15) is 0 Å². The fourth-order valence-corrected chi connectivity index (χ4v) is 4.39. The molecule has 3 fully saturated rings. The minimum absolute atomic E-state index is 0.0578. The molecule has 0 spiro atoms. The summed E-state index contributed by atoms with van der Waals surface area (Å²) in [5, 5.41) is 6.73. The molecular formula is C16H28N2O. The van der Waals surface area contributed by atoms with Crippen LogP contribution in [0.5, 0.6) is 0 Å². The fourth-order valence-electron chi connectivity index (χ4n) is 4.39. The summed E-state index contributed by atoms with van der Waals surface area (Å²) in [6.45, 7) is 9.27. The minimum Gasteiger partial charge on any atom is -0.352 e. The van der Waals surface area contributed by atoms with Crippen LogP contribution in [-0.2, 0) is 4.79 Å². The van der Waals surface area contributed by atoms with Gasteiger partial charge in [-0.1, -0.05) is 20.8 Å². The quantitative estimate of drug-likeness (QED) is 0.819. The van der Waals surface area contributed by atoms with Crippen molar-refractivity contribution in [3.63, 3.8) is 0 Å². The first-order valence-corrected chi connectivity index (χ1v) is 7.91. The predicted molar refractivity (Wildman–Crippen MR) is 76.8 cm³/mol. The average Bonchev–Trinajstić information content (AvgIpc) is 3.08. The normalized spacial score (nSPS) is 41.3. The molecule has 3 saturated carbocycles. The molecular weight excluding hydrogens is 236 g/mol. The molecule has 0 aromatic heterocycles. The van der Waals surface area contributed by atoms with Crippen molar-refractivity contribution in [2.75, 3.05) is 0 Å². The molecule has 4 atom stereocenters. The zero-order chi connectivity index (χ0) is 13.8. The Balaban J connectivity index is 1.63. The Morgan fingerprint density at radius 3 is 2.37 bits per heavy atom. The molecule has 0 saturated heterocycles. The average molecular weight is 264 g/mol. The minimum atomic E-state index is -0.0578. The van der Waals surface area contributed by atoms with E-state index >= 15 is 0 Å². The predicted octanol–water partition coefficient (Wildman–Crippen LogP) is 2.46. The molecule has 1 amide bonds. The zero-order valence-electron chi connectivity index (χ0n) is 12.8. The molecule has 4 unspecified atom stereocenters. The highest BCUT2D eigenvalue weighted by Gasteiger charge is 2.61. The number of fused-ring (bicyclic) bond motifs is 2. The molecule has 0 heterocycles. The SMILES string of the molecule is CC(NC1CC2CCC1(C)C2(C)C)C(=O)NC1CC1. The summed E-state index contributed by atoms with van der Waals surface area (Å²) in [5.41, 5.74) is 0.767. The first-order chi connectivity index (χ1) is 8.84. The molecule has 2 bridgehead atoms. The van der Waals surface area contributed by atoms with Crippen molar-refractivity contribution in [2.45, 2.75) is 77.9 Å². The molecule has 3 aliphatic rings. The Labute approximate surface area is 116 Å². The molecule has 0 aliphatic heterocycles. The summed E-state index contributed by atoms with van der Waals surface area (Å²) in [6, 6.07) is 0.905. The standard InChI is InChI=1S/C16H28N2O/c1-10(14(19)18-12-5-6-12)17-13-9-11-7-8-16(13,4)15(11,2)3/h10-13,17H,5-9H2,1-4H3,(H,18,19). The number of hydrogen-bond acceptors (Lipinski definition) is 2. The lowest BCUT2D eigenvalue weighted by molar-refractivity contribution is -0.123. The van der Waals surface area contributed by atoms with Gasteiger partial charge in [0.25, 0.3) is 0 Å². The molecule has 0 aromatic rings. The molecule has 0 aromatic carbocycles. The second kappa shape index (κ2) is 4.21. The van der Waals surface area contributed by atoms with E-state index in [4.69, 9.17) is 0 Å². The van der Waals surface area contributed by atoms with E-state index in [0.29, 0.717) is 22.9 Å². The van der Waals surface area contributed by atoms with Crippen LogP contribution in [0.2, 0.25) is 0 Å². The summed E-state index contributed by atoms with van der Waals surface area (Å²) in [7, 11) is 0. The lowest BCUT2D eigenvalue weighted by Crippen LogP contribution is -2.52. The van der Waals surface area contributed by atoms with Gasteiger partial charge in [-0.15, -0.1) is 0 Å². The van der Waals surface area contributed by atoms with E-state index < -0.39 is 0 Å². The molecule has 19 heavy (non-hydrogen) atoms. The summed E-state index contributed by atoms with van der Waals surface area (Å²) in [4.78, 5) is 12.1. The Morgan fingerprint density at radius 2 is 1.89 bits per heavy atom. The van der Waals surface area contributed by atoms with Gasteiger partial charge in [-0.3, -0.25) is 4.79 Å². The number of carbonyl (C=O) groups excluding carboxylic acids is 1. The van der Waals surface area contributed by atoms with Crippen LogP contribution in [0.1, 0.15) is 59.8 Å². The van der Waals surface area contributed by atoms with E-state index in [9.17, 15) is 4.79 Å². The van der Waals surface area contributed by atoms with E-state index in [2.05, 4.69) is 31.4 Å². The molecule has 3 heteroatoms. The van der Waals surface area contributed by atoms with E-state index in [-0.39, 0.29) is 11.9 Å². The number of amides is 1. The number of rotatable bonds is 4. The third kappa shape index (κ3) is 2.01. The largest absolute Gasteiger partial charge is 0.352 e. The maximum absolute atomic E-state index is 12.1. The fraction of sp³-hybridized carbons (Fsp3) is 0.938. The molecule has 3 rings (SSSR count). The van der Waals surface area contributed by atoms with Crippen molar-refractivity contribution in [1.29, 1.82) is 0 Å². The topological polar surface area (TPSA) is 41.1 Å². The van der Waals surface area contributed by atoms with Crippen molar-refractivity contribution < 1.29 is 4.79 Å². The van der Waals surface area contributed by atoms with Gasteiger partial charge in [0.15, 0.2) is 0 Å². The summed E-state index contributed by atoms with van der Waals surface area (Å²) in [6.07, 6.45) is 6.23. The van der Waals surface area contributed by atoms with E-state index in [1.165, 1.54) is 19.3 Å². The zero-order valence-corrected chi connectivity index (χ0v) is 12.8. The summed E-state index contributed by atoms with van der Waals surface area (Å²) in [5.74, 6) is 1.01. The third-order valence-electron chi connectivity index (χ3n) is 6.56. The van der Waals surface area contributed by atoms with Gasteiger partial charge < -0.3 is 10.6 Å². The Kier molecular flexibility index (Phi) is 2.97.